The number of benzene rings is 1. The van der Waals surface area contributed by atoms with Crippen molar-refractivity contribution in [2.45, 2.75) is 19.2 Å². The molecule has 1 fully saturated rings. The number of thioether (sulfide) groups is 1. The van der Waals surface area contributed by atoms with E-state index in [-0.39, 0.29) is 16.7 Å². The molecular weight excluding hydrogens is 360 g/mol. The van der Waals surface area contributed by atoms with Crippen molar-refractivity contribution in [1.29, 1.82) is 0 Å². The van der Waals surface area contributed by atoms with Crippen LogP contribution in [0.25, 0.3) is 11.0 Å². The van der Waals surface area contributed by atoms with E-state index in [1.165, 1.54) is 18.0 Å². The van der Waals surface area contributed by atoms with Gasteiger partial charge in [0, 0.05) is 18.1 Å². The zero-order chi connectivity index (χ0) is 18.0. The number of halogens is 1. The van der Waals surface area contributed by atoms with Gasteiger partial charge in [-0.05, 0) is 31.3 Å². The molecule has 7 heteroatoms. The molecule has 0 bridgehead atoms. The van der Waals surface area contributed by atoms with E-state index in [4.69, 9.17) is 16.0 Å². The van der Waals surface area contributed by atoms with Crippen LogP contribution >= 0.6 is 23.4 Å². The van der Waals surface area contributed by atoms with Gasteiger partial charge in [-0.15, -0.1) is 11.8 Å². The molecule has 1 aliphatic rings. The lowest BCUT2D eigenvalue weighted by molar-refractivity contribution is -0.128. The van der Waals surface area contributed by atoms with E-state index in [9.17, 15) is 9.59 Å². The summed E-state index contributed by atoms with van der Waals surface area (Å²) in [5, 5.41) is 0.641. The summed E-state index contributed by atoms with van der Waals surface area (Å²) in [6.45, 7) is 7.47. The van der Waals surface area contributed by atoms with Crippen LogP contribution in [0.3, 0.4) is 0 Å². The fraction of sp³-hybridized carbons (Fsp3) is 0.444. The van der Waals surface area contributed by atoms with E-state index >= 15 is 0 Å². The first-order chi connectivity index (χ1) is 12.0. The predicted molar refractivity (Wildman–Crippen MR) is 102 cm³/mol. The fourth-order valence-corrected chi connectivity index (χ4v) is 4.41. The van der Waals surface area contributed by atoms with E-state index in [1.54, 1.807) is 23.1 Å². The van der Waals surface area contributed by atoms with Crippen LogP contribution in [0, 0.1) is 0 Å². The van der Waals surface area contributed by atoms with Crippen molar-refractivity contribution in [1.82, 2.24) is 9.80 Å². The Bertz CT molecular complexity index is 835. The van der Waals surface area contributed by atoms with E-state index < -0.39 is 0 Å². The summed E-state index contributed by atoms with van der Waals surface area (Å²) < 4.78 is 5.62. The van der Waals surface area contributed by atoms with Crippen LogP contribution in [-0.2, 0) is 4.79 Å². The van der Waals surface area contributed by atoms with Crippen LogP contribution in [0.15, 0.2) is 33.7 Å². The van der Waals surface area contributed by atoms with Gasteiger partial charge >= 0.3 is 0 Å². The Morgan fingerprint density at radius 1 is 1.32 bits per heavy atom. The minimum atomic E-state index is -0.303. The number of nitrogens with zero attached hydrogens (tertiary/aromatic N) is 2. The van der Waals surface area contributed by atoms with Crippen LogP contribution in [0.4, 0.5) is 0 Å². The Balaban J connectivity index is 1.91. The van der Waals surface area contributed by atoms with Crippen molar-refractivity contribution in [2.24, 2.45) is 0 Å². The highest BCUT2D eigenvalue weighted by atomic mass is 35.5. The summed E-state index contributed by atoms with van der Waals surface area (Å²) >= 11 is 7.49. The first-order valence-electron chi connectivity index (χ1n) is 8.39. The van der Waals surface area contributed by atoms with Gasteiger partial charge in [0.2, 0.25) is 5.91 Å². The molecular formula is C18H21ClN2O3S. The van der Waals surface area contributed by atoms with Crippen molar-refractivity contribution in [3.05, 3.63) is 45.3 Å². The monoisotopic (exact) mass is 380 g/mol. The van der Waals surface area contributed by atoms with Gasteiger partial charge in [-0.1, -0.05) is 25.4 Å². The van der Waals surface area contributed by atoms with Crippen molar-refractivity contribution in [2.75, 3.05) is 31.9 Å². The normalized spacial score (nSPS) is 17.8. The van der Waals surface area contributed by atoms with Crippen LogP contribution in [-0.4, -0.2) is 47.6 Å². The largest absolute Gasteiger partial charge is 0.464 e. The zero-order valence-electron chi connectivity index (χ0n) is 14.3. The van der Waals surface area contributed by atoms with Crippen LogP contribution in [0.2, 0.25) is 5.02 Å². The SMILES string of the molecule is CCN(CC)CCN1C(=O)CSC1c1coc2ccc(Cl)cc2c1=O. The topological polar surface area (TPSA) is 53.8 Å². The molecule has 0 spiro atoms. The van der Waals surface area contributed by atoms with Gasteiger partial charge in [-0.2, -0.15) is 0 Å². The van der Waals surface area contributed by atoms with Crippen molar-refractivity contribution in [3.8, 4) is 0 Å². The van der Waals surface area contributed by atoms with Crippen LogP contribution in [0.1, 0.15) is 24.8 Å². The van der Waals surface area contributed by atoms with Crippen LogP contribution < -0.4 is 5.43 Å². The highest BCUT2D eigenvalue weighted by Crippen LogP contribution is 2.37. The molecule has 1 saturated heterocycles. The van der Waals surface area contributed by atoms with E-state index in [1.807, 2.05) is 0 Å². The van der Waals surface area contributed by atoms with Crippen molar-refractivity contribution >= 4 is 40.2 Å². The van der Waals surface area contributed by atoms with E-state index in [0.29, 0.717) is 33.9 Å². The fourth-order valence-electron chi connectivity index (χ4n) is 3.03. The molecule has 134 valence electrons. The third-order valence-corrected chi connectivity index (χ3v) is 6.02. The molecule has 25 heavy (non-hydrogen) atoms. The molecule has 0 radical (unpaired) electrons. The lowest BCUT2D eigenvalue weighted by Gasteiger charge is -2.27. The Morgan fingerprint density at radius 2 is 2.08 bits per heavy atom. The Labute approximate surface area is 155 Å². The molecule has 0 aliphatic carbocycles. The molecule has 3 rings (SSSR count). The molecule has 2 heterocycles. The summed E-state index contributed by atoms with van der Waals surface area (Å²) in [6.07, 6.45) is 1.49. The first-order valence-corrected chi connectivity index (χ1v) is 9.82. The van der Waals surface area contributed by atoms with Gasteiger partial charge in [0.1, 0.15) is 17.2 Å². The number of carbonyl (C=O) groups excluding carboxylic acids is 1. The second-order valence-electron chi connectivity index (χ2n) is 5.94. The van der Waals surface area contributed by atoms with Gasteiger partial charge in [0.15, 0.2) is 5.43 Å². The summed E-state index contributed by atoms with van der Waals surface area (Å²) in [5.41, 5.74) is 0.885. The summed E-state index contributed by atoms with van der Waals surface area (Å²) in [4.78, 5) is 29.2. The zero-order valence-corrected chi connectivity index (χ0v) is 15.9. The molecule has 1 amide bonds. The second-order valence-corrected chi connectivity index (χ2v) is 7.44. The highest BCUT2D eigenvalue weighted by Gasteiger charge is 2.35. The van der Waals surface area contributed by atoms with Gasteiger partial charge in [-0.25, -0.2) is 0 Å². The van der Waals surface area contributed by atoms with Gasteiger partial charge < -0.3 is 14.2 Å². The predicted octanol–water partition coefficient (Wildman–Crippen LogP) is 3.36. The third kappa shape index (κ3) is 3.71. The Morgan fingerprint density at radius 3 is 2.80 bits per heavy atom. The number of fused-ring (bicyclic) bond motifs is 1. The summed E-state index contributed by atoms with van der Waals surface area (Å²) in [6, 6.07) is 5.00. The summed E-state index contributed by atoms with van der Waals surface area (Å²) in [7, 11) is 0. The minimum absolute atomic E-state index is 0.0627. The third-order valence-electron chi connectivity index (χ3n) is 4.55. The molecule has 0 saturated carbocycles. The Hall–Kier alpha value is -1.50. The molecule has 5 nitrogen and oxygen atoms in total. The van der Waals surface area contributed by atoms with Crippen LogP contribution in [0.5, 0.6) is 0 Å². The number of likely N-dealkylation sites (N-methyl/N-ethyl adjacent to an activating group) is 1. The maximum Gasteiger partial charge on any atom is 0.233 e. The van der Waals surface area contributed by atoms with E-state index in [2.05, 4.69) is 18.7 Å². The molecule has 0 N–H and O–H groups in total. The maximum atomic E-state index is 12.9. The van der Waals surface area contributed by atoms with Gasteiger partial charge in [-0.3, -0.25) is 9.59 Å². The van der Waals surface area contributed by atoms with E-state index in [0.717, 1.165) is 19.6 Å². The minimum Gasteiger partial charge on any atom is -0.464 e. The number of rotatable bonds is 6. The Kier molecular flexibility index (Phi) is 5.71. The van der Waals surface area contributed by atoms with Crippen molar-refractivity contribution in [3.63, 3.8) is 0 Å². The standard InChI is InChI=1S/C18H21ClN2O3S/c1-3-20(4-2)7-8-21-16(22)11-25-18(21)14-10-24-15-6-5-12(19)9-13(15)17(14)23/h5-6,9-10,18H,3-4,7-8,11H2,1-2H3. The average molecular weight is 381 g/mol. The first kappa shape index (κ1) is 18.3. The lowest BCUT2D eigenvalue weighted by atomic mass is 10.1. The lowest BCUT2D eigenvalue weighted by Crippen LogP contribution is -2.38. The van der Waals surface area contributed by atoms with Gasteiger partial charge in [0.05, 0.1) is 16.7 Å². The summed E-state index contributed by atoms with van der Waals surface area (Å²) in [5.74, 6) is 0.448. The maximum absolute atomic E-state index is 12.9. The van der Waals surface area contributed by atoms with Gasteiger partial charge in [0.25, 0.3) is 0 Å². The number of hydrogen-bond acceptors (Lipinski definition) is 5. The number of hydrogen-bond donors (Lipinski definition) is 0. The highest BCUT2D eigenvalue weighted by molar-refractivity contribution is 8.00. The van der Waals surface area contributed by atoms with Crippen molar-refractivity contribution < 1.29 is 9.21 Å². The smallest absolute Gasteiger partial charge is 0.233 e. The molecule has 1 aliphatic heterocycles. The quantitative estimate of drug-likeness (QED) is 0.769. The average Bonchev–Trinajstić information content (AvgIpc) is 2.97. The second kappa shape index (κ2) is 7.81. The molecule has 1 atom stereocenters. The number of carbonyl (C=O) groups is 1. The molecule has 2 aromatic rings. The molecule has 1 aromatic carbocycles. The molecule has 1 unspecified atom stereocenters. The molecule has 1 aromatic heterocycles. The number of amides is 1.